The number of thiazole rings is 1. The Morgan fingerprint density at radius 1 is 1.04 bits per heavy atom. The van der Waals surface area contributed by atoms with Crippen molar-refractivity contribution in [2.45, 2.75) is 19.9 Å². The molecule has 0 N–H and O–H groups in total. The van der Waals surface area contributed by atoms with E-state index in [1.165, 1.54) is 23.0 Å². The quantitative estimate of drug-likeness (QED) is 0.206. The molecule has 2 heterocycles. The van der Waals surface area contributed by atoms with Crippen LogP contribution >= 0.6 is 38.9 Å². The largest absolute Gasteiger partial charge is 0.493 e. The number of ether oxygens (including phenoxy) is 4. The van der Waals surface area contributed by atoms with E-state index in [4.69, 9.17) is 35.5 Å². The first-order valence-corrected chi connectivity index (χ1v) is 15.9. The first-order chi connectivity index (χ1) is 21.7. The Balaban J connectivity index is 1.69. The molecule has 232 valence electrons. The molecule has 5 rings (SSSR count). The maximum Gasteiger partial charge on any atom is 0.344 e. The van der Waals surface area contributed by atoms with Gasteiger partial charge in [-0.05, 0) is 71.2 Å². The molecule has 4 aromatic rings. The molecular formula is C33H28BrClN2O7S. The number of carbonyl (C=O) groups is 2. The Morgan fingerprint density at radius 3 is 2.42 bits per heavy atom. The van der Waals surface area contributed by atoms with Crippen LogP contribution in [0.25, 0.3) is 11.8 Å². The molecule has 9 nitrogen and oxygen atoms in total. The first kappa shape index (κ1) is 32.2. The van der Waals surface area contributed by atoms with Gasteiger partial charge in [-0.2, -0.15) is 0 Å². The van der Waals surface area contributed by atoms with E-state index in [9.17, 15) is 14.4 Å². The standard InChI is InChI=1S/C33H28BrClN2O7S/c1-4-42-26(38)18-44-30-23(34)15-19(16-24(30)41-3)17-25-31(39)37-29(21-11-13-22(35)14-12-21)27(32(40)43-5-2)28(36-33(37)45-25)20-9-7-6-8-10-20/h6-17,29H,4-5,18H2,1-3H3/b25-17-/t29-/m1/s1. The van der Waals surface area contributed by atoms with E-state index in [0.29, 0.717) is 52.7 Å². The number of hydrogen-bond donors (Lipinski definition) is 0. The molecule has 0 bridgehead atoms. The van der Waals surface area contributed by atoms with Crippen LogP contribution in [-0.2, 0) is 19.1 Å². The second-order valence-corrected chi connectivity index (χ2v) is 11.9. The number of halogens is 2. The summed E-state index contributed by atoms with van der Waals surface area (Å²) in [5.41, 5.74) is 2.34. The van der Waals surface area contributed by atoms with E-state index in [2.05, 4.69) is 15.9 Å². The molecule has 12 heteroatoms. The Kier molecular flexibility index (Phi) is 10.2. The average Bonchev–Trinajstić information content (AvgIpc) is 3.34. The molecule has 0 aliphatic carbocycles. The van der Waals surface area contributed by atoms with Gasteiger partial charge in [-0.25, -0.2) is 14.6 Å². The van der Waals surface area contributed by atoms with Crippen molar-refractivity contribution in [1.29, 1.82) is 0 Å². The van der Waals surface area contributed by atoms with Crippen molar-refractivity contribution in [3.05, 3.63) is 118 Å². The number of esters is 2. The summed E-state index contributed by atoms with van der Waals surface area (Å²) in [5.74, 6) is -0.411. The van der Waals surface area contributed by atoms with Gasteiger partial charge in [0.25, 0.3) is 5.56 Å². The van der Waals surface area contributed by atoms with Gasteiger partial charge in [0.2, 0.25) is 0 Å². The van der Waals surface area contributed by atoms with E-state index in [1.54, 1.807) is 56.3 Å². The van der Waals surface area contributed by atoms with Crippen molar-refractivity contribution in [1.82, 2.24) is 4.57 Å². The number of benzene rings is 3. The van der Waals surface area contributed by atoms with Crippen molar-refractivity contribution in [3.8, 4) is 11.5 Å². The minimum atomic E-state index is -0.824. The molecular weight excluding hydrogens is 684 g/mol. The first-order valence-electron chi connectivity index (χ1n) is 14.0. The topological polar surface area (TPSA) is 105 Å². The highest BCUT2D eigenvalue weighted by molar-refractivity contribution is 9.10. The number of methoxy groups -OCH3 is 1. The summed E-state index contributed by atoms with van der Waals surface area (Å²) in [6.45, 7) is 3.54. The van der Waals surface area contributed by atoms with Crippen LogP contribution in [0.15, 0.2) is 86.6 Å². The summed E-state index contributed by atoms with van der Waals surface area (Å²) >= 11 is 10.9. The number of nitrogens with zero attached hydrogens (tertiary/aromatic N) is 2. The normalized spacial score (nSPS) is 14.4. The van der Waals surface area contributed by atoms with Gasteiger partial charge in [-0.1, -0.05) is 65.4 Å². The van der Waals surface area contributed by atoms with Gasteiger partial charge in [-0.3, -0.25) is 9.36 Å². The van der Waals surface area contributed by atoms with Crippen LogP contribution < -0.4 is 24.4 Å². The van der Waals surface area contributed by atoms with Crippen molar-refractivity contribution in [2.75, 3.05) is 26.9 Å². The van der Waals surface area contributed by atoms with Crippen LogP contribution in [-0.4, -0.2) is 43.4 Å². The number of hydrogen-bond acceptors (Lipinski definition) is 9. The Bertz CT molecular complexity index is 1950. The molecule has 45 heavy (non-hydrogen) atoms. The Labute approximate surface area is 276 Å². The second kappa shape index (κ2) is 14.3. The van der Waals surface area contributed by atoms with Crippen LogP contribution in [0.5, 0.6) is 11.5 Å². The third-order valence-electron chi connectivity index (χ3n) is 6.75. The Morgan fingerprint density at radius 2 is 1.76 bits per heavy atom. The van der Waals surface area contributed by atoms with E-state index in [-0.39, 0.29) is 31.0 Å². The van der Waals surface area contributed by atoms with E-state index in [1.807, 2.05) is 30.3 Å². The Hall–Kier alpha value is -4.19. The molecule has 1 aliphatic rings. The van der Waals surface area contributed by atoms with Crippen molar-refractivity contribution in [2.24, 2.45) is 4.99 Å². The molecule has 0 amide bonds. The second-order valence-electron chi connectivity index (χ2n) is 9.61. The highest BCUT2D eigenvalue weighted by atomic mass is 79.9. The van der Waals surface area contributed by atoms with E-state index in [0.717, 1.165) is 0 Å². The molecule has 0 unspecified atom stereocenters. The van der Waals surface area contributed by atoms with Crippen molar-refractivity contribution >= 4 is 62.6 Å². The molecule has 1 aromatic heterocycles. The summed E-state index contributed by atoms with van der Waals surface area (Å²) in [5, 5.41) is 0.519. The van der Waals surface area contributed by atoms with Gasteiger partial charge >= 0.3 is 11.9 Å². The maximum absolute atomic E-state index is 14.1. The summed E-state index contributed by atoms with van der Waals surface area (Å²) in [6, 6.07) is 18.9. The zero-order valence-corrected chi connectivity index (χ0v) is 27.7. The third kappa shape index (κ3) is 6.90. The number of carbonyl (C=O) groups excluding carboxylic acids is 2. The SMILES string of the molecule is CCOC(=O)COc1c(Br)cc(/C=c2\sc3n(c2=O)[C@H](c2ccc(Cl)cc2)C(C(=O)OCC)=C(c2ccccc2)N=3)cc1OC. The zero-order valence-electron chi connectivity index (χ0n) is 24.5. The fraction of sp³-hybridized carbons (Fsp3) is 0.212. The van der Waals surface area contributed by atoms with E-state index >= 15 is 0 Å². The lowest BCUT2D eigenvalue weighted by Gasteiger charge is -2.25. The van der Waals surface area contributed by atoms with Crippen molar-refractivity contribution < 1.29 is 28.5 Å². The van der Waals surface area contributed by atoms with Crippen LogP contribution in [0.3, 0.4) is 0 Å². The molecule has 1 aliphatic heterocycles. The summed E-state index contributed by atoms with van der Waals surface area (Å²) in [7, 11) is 1.48. The zero-order chi connectivity index (χ0) is 32.1. The maximum atomic E-state index is 14.1. The van der Waals surface area contributed by atoms with Gasteiger partial charge in [0.05, 0.1) is 46.6 Å². The third-order valence-corrected chi connectivity index (χ3v) is 8.57. The minimum Gasteiger partial charge on any atom is -0.493 e. The van der Waals surface area contributed by atoms with Gasteiger partial charge < -0.3 is 18.9 Å². The predicted octanol–water partition coefficient (Wildman–Crippen LogP) is 5.30. The fourth-order valence-electron chi connectivity index (χ4n) is 4.85. The lowest BCUT2D eigenvalue weighted by Crippen LogP contribution is -2.40. The monoisotopic (exact) mass is 710 g/mol. The van der Waals surface area contributed by atoms with Crippen LogP contribution in [0.2, 0.25) is 5.02 Å². The summed E-state index contributed by atoms with van der Waals surface area (Å²) in [4.78, 5) is 44.8. The number of fused-ring (bicyclic) bond motifs is 1. The molecule has 0 spiro atoms. The highest BCUT2D eigenvalue weighted by Gasteiger charge is 2.35. The number of aromatic nitrogens is 1. The van der Waals surface area contributed by atoms with Crippen molar-refractivity contribution in [3.63, 3.8) is 0 Å². The molecule has 0 saturated carbocycles. The fourth-order valence-corrected chi connectivity index (χ4v) is 6.55. The summed E-state index contributed by atoms with van der Waals surface area (Å²) in [6.07, 6.45) is 1.71. The lowest BCUT2D eigenvalue weighted by molar-refractivity contribution is -0.145. The molecule has 1 atom stereocenters. The molecule has 3 aromatic carbocycles. The van der Waals surface area contributed by atoms with Gasteiger partial charge in [-0.15, -0.1) is 0 Å². The molecule has 0 saturated heterocycles. The predicted molar refractivity (Wildman–Crippen MR) is 175 cm³/mol. The van der Waals surface area contributed by atoms with Crippen LogP contribution in [0, 0.1) is 0 Å². The molecule has 0 radical (unpaired) electrons. The van der Waals surface area contributed by atoms with E-state index < -0.39 is 18.0 Å². The van der Waals surface area contributed by atoms with Crippen LogP contribution in [0.4, 0.5) is 0 Å². The molecule has 0 fully saturated rings. The van der Waals surface area contributed by atoms with Crippen LogP contribution in [0.1, 0.15) is 36.6 Å². The lowest BCUT2D eigenvalue weighted by atomic mass is 9.93. The van der Waals surface area contributed by atoms with Gasteiger partial charge in [0.1, 0.15) is 0 Å². The van der Waals surface area contributed by atoms with Gasteiger partial charge in [0.15, 0.2) is 22.9 Å². The average molecular weight is 712 g/mol. The summed E-state index contributed by atoms with van der Waals surface area (Å²) < 4.78 is 24.0. The smallest absolute Gasteiger partial charge is 0.344 e. The minimum absolute atomic E-state index is 0.151. The van der Waals surface area contributed by atoms with Gasteiger partial charge in [0, 0.05) is 10.6 Å². The highest BCUT2D eigenvalue weighted by Crippen LogP contribution is 2.38. The number of rotatable bonds is 10.